The maximum absolute atomic E-state index is 12.3. The van der Waals surface area contributed by atoms with Gasteiger partial charge < -0.3 is 15.0 Å². The molecule has 0 aromatic heterocycles. The summed E-state index contributed by atoms with van der Waals surface area (Å²) < 4.78 is 5.80. The predicted octanol–water partition coefficient (Wildman–Crippen LogP) is 3.73. The summed E-state index contributed by atoms with van der Waals surface area (Å²) in [4.78, 5) is 14.2. The molecule has 4 rings (SSSR count). The number of hydrogen-bond donors (Lipinski definition) is 2. The van der Waals surface area contributed by atoms with Crippen molar-refractivity contribution < 1.29 is 9.53 Å². The molecule has 148 valence electrons. The van der Waals surface area contributed by atoms with Gasteiger partial charge in [0.15, 0.2) is 0 Å². The van der Waals surface area contributed by atoms with E-state index in [9.17, 15) is 4.79 Å². The number of nitrogens with one attached hydrogen (secondary N) is 2. The van der Waals surface area contributed by atoms with Crippen LogP contribution in [0.25, 0.3) is 0 Å². The fourth-order valence-corrected chi connectivity index (χ4v) is 4.72. The van der Waals surface area contributed by atoms with Crippen LogP contribution in [0.5, 0.6) is 0 Å². The van der Waals surface area contributed by atoms with Gasteiger partial charge in [-0.2, -0.15) is 0 Å². The van der Waals surface area contributed by atoms with Crippen molar-refractivity contribution in [1.29, 1.82) is 5.41 Å². The second-order valence-electron chi connectivity index (χ2n) is 8.32. The van der Waals surface area contributed by atoms with E-state index in [0.29, 0.717) is 6.54 Å². The molecule has 5 nitrogen and oxygen atoms in total. The molecule has 0 radical (unpaired) electrons. The van der Waals surface area contributed by atoms with Gasteiger partial charge in [-0.15, -0.1) is 0 Å². The zero-order valence-electron chi connectivity index (χ0n) is 16.7. The summed E-state index contributed by atoms with van der Waals surface area (Å²) in [5.41, 5.74) is 2.55. The third-order valence-corrected chi connectivity index (χ3v) is 6.81. The van der Waals surface area contributed by atoms with Crippen LogP contribution in [-0.4, -0.2) is 50.0 Å². The third-order valence-electron chi connectivity index (χ3n) is 6.81. The molecule has 0 saturated heterocycles. The first-order valence-electron chi connectivity index (χ1n) is 10.2. The number of carbonyl (C=O) groups is 1. The number of benzene rings is 1. The Bertz CT molecular complexity index is 631. The zero-order valence-corrected chi connectivity index (χ0v) is 16.7. The smallest absolute Gasteiger partial charge is 0.251 e. The van der Waals surface area contributed by atoms with Gasteiger partial charge in [0.1, 0.15) is 0 Å². The molecule has 1 aromatic rings. The van der Waals surface area contributed by atoms with Crippen molar-refractivity contribution in [2.75, 3.05) is 27.2 Å². The van der Waals surface area contributed by atoms with Crippen molar-refractivity contribution in [3.05, 3.63) is 35.4 Å². The highest BCUT2D eigenvalue weighted by molar-refractivity contribution is 5.94. The van der Waals surface area contributed by atoms with Crippen LogP contribution in [0.15, 0.2) is 24.3 Å². The molecule has 0 spiro atoms. The number of methoxy groups -OCH3 is 1. The monoisotopic (exact) mass is 371 g/mol. The van der Waals surface area contributed by atoms with Crippen LogP contribution in [0.3, 0.4) is 0 Å². The lowest BCUT2D eigenvalue weighted by atomic mass is 9.56. The molecule has 27 heavy (non-hydrogen) atoms. The Morgan fingerprint density at radius 2 is 1.78 bits per heavy atom. The van der Waals surface area contributed by atoms with Crippen LogP contribution in [-0.2, 0) is 10.2 Å². The molecule has 0 atom stereocenters. The van der Waals surface area contributed by atoms with E-state index in [4.69, 9.17) is 10.1 Å². The minimum Gasteiger partial charge on any atom is -0.378 e. The number of hydrogen-bond acceptors (Lipinski definition) is 3. The van der Waals surface area contributed by atoms with E-state index >= 15 is 0 Å². The average Bonchev–Trinajstić information content (AvgIpc) is 2.74. The summed E-state index contributed by atoms with van der Waals surface area (Å²) >= 11 is 0. The van der Waals surface area contributed by atoms with E-state index in [1.165, 1.54) is 31.2 Å². The lowest BCUT2D eigenvalue weighted by molar-refractivity contribution is -0.0955. The van der Waals surface area contributed by atoms with E-state index in [-0.39, 0.29) is 16.9 Å². The van der Waals surface area contributed by atoms with Crippen molar-refractivity contribution in [1.82, 2.24) is 10.2 Å². The van der Waals surface area contributed by atoms with Crippen LogP contribution >= 0.6 is 0 Å². The molecule has 5 heteroatoms. The second-order valence-corrected chi connectivity index (χ2v) is 8.32. The molecular weight excluding hydrogens is 338 g/mol. The van der Waals surface area contributed by atoms with Crippen LogP contribution in [0, 0.1) is 5.41 Å². The van der Waals surface area contributed by atoms with E-state index in [0.717, 1.165) is 44.2 Å². The van der Waals surface area contributed by atoms with Crippen molar-refractivity contribution in [3.8, 4) is 0 Å². The predicted molar refractivity (Wildman–Crippen MR) is 109 cm³/mol. The highest BCUT2D eigenvalue weighted by atomic mass is 16.5. The van der Waals surface area contributed by atoms with Gasteiger partial charge in [-0.05, 0) is 74.5 Å². The van der Waals surface area contributed by atoms with E-state index < -0.39 is 0 Å². The standard InChI is InChI=1S/C22H33N3O2/c1-25(17-23)16-4-3-15-24-20(26)18-5-7-19(8-6-18)21-9-12-22(27-2,13-10-21)14-11-21/h5-8,17,23H,3-4,9-16H2,1-2H3,(H,24,26). The summed E-state index contributed by atoms with van der Waals surface area (Å²) in [5.74, 6) is 0.00477. The summed E-state index contributed by atoms with van der Waals surface area (Å²) in [6.07, 6.45) is 10.2. The number of carbonyl (C=O) groups excluding carboxylic acids is 1. The molecule has 3 saturated carbocycles. The number of amides is 1. The molecular formula is C22H33N3O2. The molecule has 1 amide bonds. The van der Waals surface area contributed by atoms with Crippen LogP contribution in [0.4, 0.5) is 0 Å². The first-order chi connectivity index (χ1) is 13.0. The van der Waals surface area contributed by atoms with E-state index in [1.807, 2.05) is 31.2 Å². The van der Waals surface area contributed by atoms with Gasteiger partial charge in [-0.1, -0.05) is 12.1 Å². The largest absolute Gasteiger partial charge is 0.378 e. The number of ether oxygens (including phenoxy) is 1. The van der Waals surface area contributed by atoms with Crippen molar-refractivity contribution in [2.24, 2.45) is 0 Å². The molecule has 3 aliphatic rings. The Labute approximate surface area is 163 Å². The lowest BCUT2D eigenvalue weighted by Gasteiger charge is -2.53. The molecule has 0 aliphatic heterocycles. The van der Waals surface area contributed by atoms with Crippen LogP contribution in [0.1, 0.15) is 67.3 Å². The van der Waals surface area contributed by atoms with E-state index in [2.05, 4.69) is 17.4 Å². The van der Waals surface area contributed by atoms with Crippen LogP contribution in [0.2, 0.25) is 0 Å². The molecule has 0 unspecified atom stereocenters. The second kappa shape index (κ2) is 8.42. The molecule has 1 aromatic carbocycles. The van der Waals surface area contributed by atoms with Gasteiger partial charge >= 0.3 is 0 Å². The SMILES string of the molecule is COC12CCC(c3ccc(C(=O)NCCCCN(C)C=N)cc3)(CC1)CC2. The van der Waals surface area contributed by atoms with Gasteiger partial charge in [0.25, 0.3) is 5.91 Å². The molecule has 0 heterocycles. The summed E-state index contributed by atoms with van der Waals surface area (Å²) in [5, 5.41) is 10.1. The minimum atomic E-state index is 0.00477. The summed E-state index contributed by atoms with van der Waals surface area (Å²) in [7, 11) is 3.75. The number of fused-ring (bicyclic) bond motifs is 3. The fourth-order valence-electron chi connectivity index (χ4n) is 4.72. The number of rotatable bonds is 9. The Morgan fingerprint density at radius 3 is 2.33 bits per heavy atom. The van der Waals surface area contributed by atoms with Gasteiger partial charge in [-0.25, -0.2) is 0 Å². The number of unbranched alkanes of at least 4 members (excludes halogenated alkanes) is 1. The van der Waals surface area contributed by atoms with Crippen molar-refractivity contribution in [3.63, 3.8) is 0 Å². The maximum Gasteiger partial charge on any atom is 0.251 e. The Kier molecular flexibility index (Phi) is 6.20. The third kappa shape index (κ3) is 4.34. The topological polar surface area (TPSA) is 65.4 Å². The first kappa shape index (κ1) is 19.9. The maximum atomic E-state index is 12.3. The normalized spacial score (nSPS) is 26.6. The van der Waals surface area contributed by atoms with Gasteiger partial charge in [0.05, 0.1) is 11.9 Å². The molecule has 3 fully saturated rings. The fraction of sp³-hybridized carbons (Fsp3) is 0.636. The molecule has 2 bridgehead atoms. The van der Waals surface area contributed by atoms with Crippen molar-refractivity contribution in [2.45, 2.75) is 62.4 Å². The lowest BCUT2D eigenvalue weighted by Crippen LogP contribution is -2.49. The van der Waals surface area contributed by atoms with Gasteiger partial charge in [0, 0.05) is 32.8 Å². The molecule has 2 N–H and O–H groups in total. The van der Waals surface area contributed by atoms with Crippen LogP contribution < -0.4 is 5.32 Å². The first-order valence-corrected chi connectivity index (χ1v) is 10.2. The Balaban J connectivity index is 1.50. The zero-order chi connectivity index (χ0) is 19.3. The Morgan fingerprint density at radius 1 is 1.15 bits per heavy atom. The molecule has 3 aliphatic carbocycles. The summed E-state index contributed by atoms with van der Waals surface area (Å²) in [6.45, 7) is 1.52. The van der Waals surface area contributed by atoms with Gasteiger partial charge in [0.2, 0.25) is 0 Å². The van der Waals surface area contributed by atoms with Crippen molar-refractivity contribution >= 4 is 12.2 Å². The highest BCUT2D eigenvalue weighted by Gasteiger charge is 2.49. The highest BCUT2D eigenvalue weighted by Crippen LogP contribution is 2.54. The Hall–Kier alpha value is -1.88. The minimum absolute atomic E-state index is 0.00477. The summed E-state index contributed by atoms with van der Waals surface area (Å²) in [6, 6.07) is 8.29. The average molecular weight is 372 g/mol. The number of nitrogens with zero attached hydrogens (tertiary/aromatic N) is 1. The van der Waals surface area contributed by atoms with Gasteiger partial charge in [-0.3, -0.25) is 10.2 Å². The van der Waals surface area contributed by atoms with E-state index in [1.54, 1.807) is 0 Å². The quantitative estimate of drug-likeness (QED) is 0.395.